The van der Waals surface area contributed by atoms with Crippen LogP contribution >= 0.6 is 14.1 Å². The average molecular weight is 330 g/mol. The van der Waals surface area contributed by atoms with Gasteiger partial charge in [0.15, 0.2) is 0 Å². The van der Waals surface area contributed by atoms with Gasteiger partial charge in [0, 0.05) is 12.7 Å². The molecule has 5 heteroatoms. The van der Waals surface area contributed by atoms with E-state index in [-0.39, 0.29) is 0 Å². The molecule has 0 bridgehead atoms. The molecule has 0 spiro atoms. The zero-order valence-electron chi connectivity index (χ0n) is 8.55. The van der Waals surface area contributed by atoms with E-state index in [9.17, 15) is 0 Å². The molecule has 89 valence electrons. The van der Waals surface area contributed by atoms with Gasteiger partial charge in [-0.3, -0.25) is 4.98 Å². The van der Waals surface area contributed by atoms with Gasteiger partial charge in [-0.05, 0) is 30.7 Å². The Labute approximate surface area is 111 Å². The summed E-state index contributed by atoms with van der Waals surface area (Å²) in [5.41, 5.74) is 1.05. The van der Waals surface area contributed by atoms with Gasteiger partial charge in [-0.2, -0.15) is 6.67 Å². The van der Waals surface area contributed by atoms with Crippen molar-refractivity contribution >= 4 is 14.1 Å². The molecule has 0 amide bonds. The molecule has 1 aliphatic heterocycles. The van der Waals surface area contributed by atoms with E-state index in [2.05, 4.69) is 44.8 Å². The van der Waals surface area contributed by atoms with Crippen LogP contribution in [0.1, 0.15) is 5.69 Å². The number of hydrogen-bond acceptors (Lipinski definition) is 3. The number of aromatic nitrogens is 1. The van der Waals surface area contributed by atoms with Crippen molar-refractivity contribution in [3.63, 3.8) is 0 Å². The van der Waals surface area contributed by atoms with Crippen LogP contribution in [0.2, 0.25) is 0 Å². The summed E-state index contributed by atoms with van der Waals surface area (Å²) in [6, 6.07) is 5.93. The van der Waals surface area contributed by atoms with Crippen LogP contribution in [-0.4, -0.2) is 14.8 Å². The van der Waals surface area contributed by atoms with Crippen LogP contribution in [-0.2, 0) is 20.7 Å². The molecule has 2 rings (SSSR count). The van der Waals surface area contributed by atoms with Crippen LogP contribution in [0.25, 0.3) is 0 Å². The Hall–Kier alpha value is -0.771. The van der Waals surface area contributed by atoms with Crippen molar-refractivity contribution in [3.05, 3.63) is 61.9 Å². The summed E-state index contributed by atoms with van der Waals surface area (Å²) in [5, 5.41) is 0. The first-order valence-corrected chi connectivity index (χ1v) is 6.91. The number of nitrogens with zero attached hydrogens (tertiary/aromatic N) is 3. The predicted molar refractivity (Wildman–Crippen MR) is 64.2 cm³/mol. The van der Waals surface area contributed by atoms with Crippen molar-refractivity contribution in [1.29, 1.82) is 0 Å². The van der Waals surface area contributed by atoms with Gasteiger partial charge < -0.3 is 9.80 Å². The third-order valence-corrected chi connectivity index (χ3v) is 1.99. The molecule has 0 radical (unpaired) electrons. The summed E-state index contributed by atoms with van der Waals surface area (Å²) in [6.45, 7) is 6.45. The topological polar surface area (TPSA) is 19.4 Å². The van der Waals surface area contributed by atoms with Gasteiger partial charge in [0.05, 0.1) is 5.69 Å². The first-order valence-electron chi connectivity index (χ1n) is 4.59. The van der Waals surface area contributed by atoms with Crippen LogP contribution in [0, 0.1) is 6.67 Å². The SMILES string of the molecule is C=CN1C=CN(Cc2ccccn2)[CH-]1.[Cu+][Br]. The third kappa shape index (κ3) is 4.00. The molecule has 0 saturated carbocycles. The molecule has 2 heterocycles. The van der Waals surface area contributed by atoms with Crippen molar-refractivity contribution in [2.75, 3.05) is 0 Å². The Morgan fingerprint density at radius 1 is 1.44 bits per heavy atom. The van der Waals surface area contributed by atoms with E-state index in [4.69, 9.17) is 0 Å². The Kier molecular flexibility index (Phi) is 6.23. The molecule has 1 aromatic heterocycles. The van der Waals surface area contributed by atoms with Crippen molar-refractivity contribution in [2.24, 2.45) is 0 Å². The zero-order chi connectivity index (χ0) is 11.8. The number of rotatable bonds is 3. The third-order valence-electron chi connectivity index (χ3n) is 1.99. The fourth-order valence-corrected chi connectivity index (χ4v) is 1.29. The van der Waals surface area contributed by atoms with Gasteiger partial charge in [-0.1, -0.05) is 12.6 Å². The maximum atomic E-state index is 4.25. The van der Waals surface area contributed by atoms with Crippen molar-refractivity contribution in [3.8, 4) is 0 Å². The van der Waals surface area contributed by atoms with E-state index >= 15 is 0 Å². The molecule has 0 unspecified atom stereocenters. The normalized spacial score (nSPS) is 13.4. The van der Waals surface area contributed by atoms with Crippen LogP contribution < -0.4 is 0 Å². The monoisotopic (exact) mass is 328 g/mol. The van der Waals surface area contributed by atoms with Crippen molar-refractivity contribution in [1.82, 2.24) is 14.8 Å². The summed E-state index contributed by atoms with van der Waals surface area (Å²) in [7, 11) is 0. The van der Waals surface area contributed by atoms with E-state index < -0.39 is 0 Å². The first kappa shape index (κ1) is 13.3. The predicted octanol–water partition coefficient (Wildman–Crippen LogP) is 2.78. The second kappa shape index (κ2) is 7.49. The van der Waals surface area contributed by atoms with E-state index in [1.54, 1.807) is 12.4 Å². The molecular weight excluding hydrogens is 318 g/mol. The molecule has 16 heavy (non-hydrogen) atoms. The Balaban J connectivity index is 0.000000606. The second-order valence-electron chi connectivity index (χ2n) is 3.04. The molecule has 0 fully saturated rings. The Morgan fingerprint density at radius 3 is 2.81 bits per heavy atom. The molecule has 3 nitrogen and oxygen atoms in total. The van der Waals surface area contributed by atoms with Crippen LogP contribution in [0.3, 0.4) is 0 Å². The quantitative estimate of drug-likeness (QED) is 0.628. The minimum atomic E-state index is 0.793. The molecule has 0 N–H and O–H groups in total. The van der Waals surface area contributed by atoms with Crippen molar-refractivity contribution in [2.45, 2.75) is 6.54 Å². The van der Waals surface area contributed by atoms with Gasteiger partial charge in [0.1, 0.15) is 0 Å². The van der Waals surface area contributed by atoms with Gasteiger partial charge >= 0.3 is 28.3 Å². The molecule has 0 aliphatic carbocycles. The maximum absolute atomic E-state index is 4.25. The summed E-state index contributed by atoms with van der Waals surface area (Å²) >= 11 is 6.50. The standard InChI is InChI=1S/C11H12N3.BrH.Cu/c1-2-13-7-8-14(10-13)9-11-5-3-4-6-12-11;;/h2-8,10H,1,9H2;1H;/q-1;;+2/p-1. The number of halogens is 1. The Morgan fingerprint density at radius 2 is 2.25 bits per heavy atom. The molecule has 1 aliphatic rings. The number of pyridine rings is 1. The summed E-state index contributed by atoms with van der Waals surface area (Å²) in [6.07, 6.45) is 7.52. The fourth-order valence-electron chi connectivity index (χ4n) is 1.29. The molecular formula is C11H12BrCuN3. The molecule has 1 aromatic rings. The van der Waals surface area contributed by atoms with Gasteiger partial charge in [-0.15, -0.1) is 0 Å². The van der Waals surface area contributed by atoms with E-state index in [0.717, 1.165) is 12.2 Å². The summed E-state index contributed by atoms with van der Waals surface area (Å²) in [5.74, 6) is 0. The van der Waals surface area contributed by atoms with Crippen molar-refractivity contribution < 1.29 is 14.2 Å². The molecule has 0 saturated heterocycles. The fraction of sp³-hybridized carbons (Fsp3) is 0.0909. The van der Waals surface area contributed by atoms with Gasteiger partial charge in [0.2, 0.25) is 0 Å². The second-order valence-corrected chi connectivity index (χ2v) is 3.04. The molecule has 0 aromatic carbocycles. The zero-order valence-corrected chi connectivity index (χ0v) is 11.1. The Bertz CT molecular complexity index is 342. The first-order chi connectivity index (χ1) is 7.88. The van der Waals surface area contributed by atoms with Crippen LogP contribution in [0.5, 0.6) is 0 Å². The van der Waals surface area contributed by atoms with E-state index in [1.807, 2.05) is 42.2 Å². The molecule has 0 atom stereocenters. The van der Waals surface area contributed by atoms with Crippen LogP contribution in [0.15, 0.2) is 49.6 Å². The van der Waals surface area contributed by atoms with E-state index in [1.165, 1.54) is 0 Å². The van der Waals surface area contributed by atoms with Gasteiger partial charge in [0.25, 0.3) is 0 Å². The number of hydrogen-bond donors (Lipinski definition) is 0. The van der Waals surface area contributed by atoms with Gasteiger partial charge in [-0.25, -0.2) is 0 Å². The summed E-state index contributed by atoms with van der Waals surface area (Å²) in [4.78, 5) is 8.22. The van der Waals surface area contributed by atoms with E-state index in [0.29, 0.717) is 0 Å². The average Bonchev–Trinajstić information content (AvgIpc) is 2.81. The summed E-state index contributed by atoms with van der Waals surface area (Å²) < 4.78 is 0. The minimum absolute atomic E-state index is 0.793. The van der Waals surface area contributed by atoms with Crippen LogP contribution in [0.4, 0.5) is 0 Å².